The van der Waals surface area contributed by atoms with E-state index in [1.807, 2.05) is 0 Å². The molecule has 0 spiro atoms. The Morgan fingerprint density at radius 1 is 1.31 bits per heavy atom. The van der Waals surface area contributed by atoms with E-state index in [1.165, 1.54) is 10.1 Å². The van der Waals surface area contributed by atoms with Gasteiger partial charge < -0.3 is 0 Å². The van der Waals surface area contributed by atoms with Crippen LogP contribution in [-0.2, 0) is 0 Å². The fourth-order valence-electron chi connectivity index (χ4n) is 1.94. The third-order valence-corrected chi connectivity index (χ3v) is 4.91. The number of fused-ring (bicyclic) bond motifs is 1. The zero-order valence-corrected chi connectivity index (χ0v) is 9.28. The summed E-state index contributed by atoms with van der Waals surface area (Å²) in [7, 11) is 0. The molecule has 1 aliphatic rings. The highest BCUT2D eigenvalue weighted by Gasteiger charge is 2.17. The van der Waals surface area contributed by atoms with Gasteiger partial charge in [-0.25, -0.2) is 0 Å². The van der Waals surface area contributed by atoms with Crippen LogP contribution >= 0.6 is 0 Å². The van der Waals surface area contributed by atoms with E-state index >= 15 is 0 Å². The van der Waals surface area contributed by atoms with Gasteiger partial charge in [-0.3, -0.25) is 0 Å². The average Bonchev–Trinajstić information content (AvgIpc) is 2.58. The van der Waals surface area contributed by atoms with Gasteiger partial charge in [0.25, 0.3) is 0 Å². The third kappa shape index (κ3) is 1.97. The van der Waals surface area contributed by atoms with Crippen molar-refractivity contribution in [2.45, 2.75) is 15.0 Å². The molecule has 1 radical (unpaired) electrons. The average molecular weight is 182 g/mol. The molecule has 0 fully saturated rings. The van der Waals surface area contributed by atoms with E-state index in [9.17, 15) is 0 Å². The summed E-state index contributed by atoms with van der Waals surface area (Å²) in [5.74, 6) is 0. The maximum absolute atomic E-state index is 3.91. The molecule has 1 aromatic carbocycles. The smallest absolute Gasteiger partial charge is 0.144 e. The second-order valence-corrected chi connectivity index (χ2v) is 5.75. The Hall–Kier alpha value is -0.274. The molecule has 63 valence electrons. The summed E-state index contributed by atoms with van der Waals surface area (Å²) in [6.07, 6.45) is 5.77. The van der Waals surface area contributed by atoms with E-state index < -0.39 is 0 Å². The second-order valence-electron chi connectivity index (χ2n) is 3.59. The standard InChI is InChI=1S/C9H7.C3H6.Mg/c1-2-5-9-7-3-6-8(9)4-1;1-3-2;/h1-7H;1-3H2;. The third-order valence-electron chi connectivity index (χ3n) is 2.67. The molecule has 1 aromatic rings. The van der Waals surface area contributed by atoms with Crippen LogP contribution in [0.5, 0.6) is 0 Å². The van der Waals surface area contributed by atoms with Gasteiger partial charge >= 0.3 is 20.4 Å². The Kier molecular flexibility index (Phi) is 3.07. The summed E-state index contributed by atoms with van der Waals surface area (Å²) in [6.45, 7) is 3.91. The van der Waals surface area contributed by atoms with Crippen LogP contribution in [0.25, 0.3) is 6.08 Å². The molecule has 0 nitrogen and oxygen atoms in total. The van der Waals surface area contributed by atoms with Gasteiger partial charge in [0.1, 0.15) is 0 Å². The molecule has 0 heterocycles. The van der Waals surface area contributed by atoms with E-state index in [1.54, 1.807) is 5.56 Å². The molecule has 1 aliphatic carbocycles. The van der Waals surface area contributed by atoms with Crippen LogP contribution in [0.2, 0.25) is 4.55 Å². The maximum atomic E-state index is 3.91. The summed E-state index contributed by atoms with van der Waals surface area (Å²) in [5.41, 5.74) is 2.99. The predicted octanol–water partition coefficient (Wildman–Crippen LogP) is 3.10. The fraction of sp³-hybridized carbons (Fsp3) is 0.250. The molecule has 0 aromatic heterocycles. The molecular formula is C12H13Mg. The first-order chi connectivity index (χ1) is 6.42. The molecular weight excluding hydrogens is 168 g/mol. The number of benzene rings is 1. The highest BCUT2D eigenvalue weighted by molar-refractivity contribution is 6.39. The van der Waals surface area contributed by atoms with Gasteiger partial charge in [0.2, 0.25) is 0 Å². The Bertz CT molecular complexity index is 315. The largest absolute Gasteiger partial charge is 0.381 e. The molecule has 0 N–H and O–H groups in total. The molecule has 1 unspecified atom stereocenters. The topological polar surface area (TPSA) is 0 Å². The maximum Gasteiger partial charge on any atom is 0.381 e. The van der Waals surface area contributed by atoms with E-state index in [0.717, 1.165) is 10.5 Å². The van der Waals surface area contributed by atoms with Crippen LogP contribution in [-0.4, -0.2) is 20.4 Å². The van der Waals surface area contributed by atoms with Crippen molar-refractivity contribution in [3.8, 4) is 0 Å². The number of rotatable bonds is 3. The molecule has 1 atom stereocenters. The van der Waals surface area contributed by atoms with Crippen molar-refractivity contribution >= 4 is 26.4 Å². The summed E-state index contributed by atoms with van der Waals surface area (Å²) < 4.78 is 2.15. The van der Waals surface area contributed by atoms with Crippen LogP contribution in [0.4, 0.5) is 0 Å². The Morgan fingerprint density at radius 3 is 3.00 bits per heavy atom. The summed E-state index contributed by atoms with van der Waals surface area (Å²) >= 11 is 0.0298. The van der Waals surface area contributed by atoms with Gasteiger partial charge in [0.05, 0.1) is 0 Å². The molecule has 0 saturated heterocycles. The molecule has 0 aliphatic heterocycles. The van der Waals surface area contributed by atoms with Crippen LogP contribution in [0.15, 0.2) is 30.3 Å². The van der Waals surface area contributed by atoms with Gasteiger partial charge in [-0.05, 0) is 5.56 Å². The monoisotopic (exact) mass is 181 g/mol. The first kappa shape index (κ1) is 9.29. The lowest BCUT2D eigenvalue weighted by molar-refractivity contribution is 1.14. The quantitative estimate of drug-likeness (QED) is 0.629. The van der Waals surface area contributed by atoms with E-state index in [4.69, 9.17) is 0 Å². The highest BCUT2D eigenvalue weighted by atomic mass is 24.5. The first-order valence-electron chi connectivity index (χ1n) is 4.98. The molecule has 0 amide bonds. The Labute approximate surface area is 89.8 Å². The van der Waals surface area contributed by atoms with Gasteiger partial charge in [0, 0.05) is 0 Å². The summed E-state index contributed by atoms with van der Waals surface area (Å²) in [6, 6.07) is 8.76. The van der Waals surface area contributed by atoms with Gasteiger partial charge in [-0.2, -0.15) is 0 Å². The predicted molar refractivity (Wildman–Crippen MR) is 58.8 cm³/mol. The molecule has 2 rings (SSSR count). The van der Waals surface area contributed by atoms with Crippen molar-refractivity contribution in [2.24, 2.45) is 0 Å². The molecule has 1 heteroatoms. The molecule has 13 heavy (non-hydrogen) atoms. The number of allylic oxidation sites excluding steroid dienone is 1. The van der Waals surface area contributed by atoms with Crippen molar-refractivity contribution in [3.05, 3.63) is 48.4 Å². The SMILES string of the molecule is [CH2]C[CH2][Mg][CH]1C=Cc2ccccc21. The molecule has 0 bridgehead atoms. The lowest BCUT2D eigenvalue weighted by Gasteiger charge is -2.08. The minimum atomic E-state index is 0.0298. The van der Waals surface area contributed by atoms with Crippen LogP contribution in [0.1, 0.15) is 21.6 Å². The van der Waals surface area contributed by atoms with Crippen molar-refractivity contribution in [2.75, 3.05) is 0 Å². The Balaban J connectivity index is 2.14. The first-order valence-corrected chi connectivity index (χ1v) is 6.80. The zero-order chi connectivity index (χ0) is 9.10. The van der Waals surface area contributed by atoms with E-state index in [2.05, 4.69) is 43.3 Å². The van der Waals surface area contributed by atoms with Crippen molar-refractivity contribution in [1.29, 1.82) is 0 Å². The van der Waals surface area contributed by atoms with Crippen LogP contribution in [0.3, 0.4) is 0 Å². The lowest BCUT2D eigenvalue weighted by atomic mass is 10.1. The van der Waals surface area contributed by atoms with Gasteiger partial charge in [-0.1, -0.05) is 53.3 Å². The van der Waals surface area contributed by atoms with Crippen molar-refractivity contribution in [1.82, 2.24) is 0 Å². The minimum Gasteiger partial charge on any atom is -0.144 e. The second kappa shape index (κ2) is 4.29. The number of hydrogen-bond acceptors (Lipinski definition) is 0. The molecule has 0 saturated carbocycles. The van der Waals surface area contributed by atoms with Crippen molar-refractivity contribution < 1.29 is 0 Å². The Morgan fingerprint density at radius 2 is 2.15 bits per heavy atom. The number of hydrogen-bond donors (Lipinski definition) is 0. The summed E-state index contributed by atoms with van der Waals surface area (Å²) in [4.78, 5) is 0. The zero-order valence-electron chi connectivity index (χ0n) is 7.87. The van der Waals surface area contributed by atoms with Gasteiger partial charge in [-0.15, -0.1) is 10.6 Å². The van der Waals surface area contributed by atoms with E-state index in [0.29, 0.717) is 0 Å². The van der Waals surface area contributed by atoms with Gasteiger partial charge in [0.15, 0.2) is 0 Å². The van der Waals surface area contributed by atoms with Crippen LogP contribution < -0.4 is 0 Å². The summed E-state index contributed by atoms with van der Waals surface area (Å²) in [5, 5.41) is 0. The van der Waals surface area contributed by atoms with Crippen molar-refractivity contribution in [3.63, 3.8) is 0 Å². The highest BCUT2D eigenvalue weighted by Crippen LogP contribution is 2.29. The lowest BCUT2D eigenvalue weighted by Crippen LogP contribution is -2.02. The minimum absolute atomic E-state index is 0.0298. The van der Waals surface area contributed by atoms with E-state index in [-0.39, 0.29) is 20.4 Å². The fourth-order valence-corrected chi connectivity index (χ4v) is 3.68. The van der Waals surface area contributed by atoms with Crippen LogP contribution in [0, 0.1) is 6.92 Å². The normalized spacial score (nSPS) is 18.4.